The predicted octanol–water partition coefficient (Wildman–Crippen LogP) is 15.8. The van der Waals surface area contributed by atoms with E-state index in [-0.39, 0.29) is 78.3 Å². The number of halogens is 4. The fourth-order valence-electron chi connectivity index (χ4n) is 17.4. The summed E-state index contributed by atoms with van der Waals surface area (Å²) in [5.74, 6) is -1.72. The second-order valence-corrected chi connectivity index (χ2v) is 40.6. The third-order valence-electron chi connectivity index (χ3n) is 27.3. The lowest BCUT2D eigenvalue weighted by Crippen LogP contribution is -2.47. The maximum atomic E-state index is 13.3. The van der Waals surface area contributed by atoms with Gasteiger partial charge in [0.15, 0.2) is 0 Å². The number of aromatic nitrogens is 2. The Bertz CT molecular complexity index is 5120. The SMILES string of the molecule is CC(C)n1cnc(CCNC(=O)NC2CCN(C)CC2)c1.CN1CCC(NC(=O)NCc2c(Cl)cccc2Oc2ccccc2)CC1.CN1CCC(NC(=O)NCc2cccc(C(C)(F)F)c2)CC1.Cc1cc(CNC(=O)NC2CCN(C)CC2)ccc1F.Cc1ccc(CNC(=O)NC2CCN(C)CC2)cc1.Cc1ccccc1CNC(=O)NC1CCN(C)CC1.Cc1ccccc1CNC(=O)NC1CCN(C)CC1. The molecule has 7 saturated heterocycles. The minimum atomic E-state index is -2.87. The highest BCUT2D eigenvalue weighted by molar-refractivity contribution is 6.31. The third kappa shape index (κ3) is 46.1. The zero-order valence-corrected chi connectivity index (χ0v) is 89.4. The monoisotopic (exact) mass is 2040 g/mol. The van der Waals surface area contributed by atoms with Crippen LogP contribution < -0.4 is 79.2 Å². The normalized spacial score (nSPS) is 16.8. The number of ether oxygens (including phenoxy) is 1. The van der Waals surface area contributed by atoms with Crippen LogP contribution in [0.5, 0.6) is 11.5 Å². The molecule has 7 aromatic carbocycles. The summed E-state index contributed by atoms with van der Waals surface area (Å²) in [5.41, 5.74) is 11.0. The molecule has 0 radical (unpaired) electrons. The number of nitrogens with one attached hydrogen (secondary N) is 14. The molecule has 0 bridgehead atoms. The molecule has 0 spiro atoms. The molecule has 0 atom stereocenters. The Labute approximate surface area is 870 Å². The topological polar surface area (TPSA) is 338 Å². The van der Waals surface area contributed by atoms with Crippen LogP contribution in [-0.4, -0.2) is 276 Å². The fraction of sp³-hybridized carbons (Fsp3) is 0.532. The molecule has 7 fully saturated rings. The number of alkyl halides is 2. The molecule has 1 aromatic heterocycles. The van der Waals surface area contributed by atoms with Crippen LogP contribution in [0.3, 0.4) is 0 Å². The van der Waals surface area contributed by atoms with Gasteiger partial charge in [-0.2, -0.15) is 0 Å². The number of imidazole rings is 1. The van der Waals surface area contributed by atoms with E-state index in [2.05, 4.69) is 227 Å². The number of rotatable bonds is 26. The number of aryl methyl sites for hydroxylation is 4. The molecular weight excluding hydrogens is 1880 g/mol. The molecule has 0 aliphatic carbocycles. The Balaban J connectivity index is 0.000000190. The number of nitrogens with zero attached hydrogens (tertiary/aromatic N) is 9. The highest BCUT2D eigenvalue weighted by Crippen LogP contribution is 2.32. The van der Waals surface area contributed by atoms with Crippen molar-refractivity contribution in [1.82, 2.24) is 118 Å². The van der Waals surface area contributed by atoms with Gasteiger partial charge in [-0.15, -0.1) is 0 Å². The van der Waals surface area contributed by atoms with Gasteiger partial charge in [-0.1, -0.05) is 145 Å². The molecule has 14 N–H and O–H groups in total. The molecular formula is C111H165ClF3N23O8. The van der Waals surface area contributed by atoms with E-state index in [4.69, 9.17) is 16.3 Å². The van der Waals surface area contributed by atoms with E-state index in [1.807, 2.05) is 104 Å². The largest absolute Gasteiger partial charge is 0.457 e. The standard InChI is InChI=1S/C20H24ClN3O2.C16H23F2N3O.C15H22FN3O.C15H27N5O.3C15H23N3O/c1-24-12-10-15(11-13-24)23-20(25)22-14-17-18(21)8-5-9-19(17)26-16-6-3-2-4-7-16;1-16(17,18)13-5-3-4-12(10-13)11-19-15(22)20-14-6-8-21(2)9-7-14;1-11-9-12(3-4-14(11)16)10-17-15(20)18-13-5-7-19(2)8-6-13;1-12(2)20-10-14(17-11-20)4-7-16-15(21)18-13-5-8-19(3)9-6-13;1-12-3-5-13(6-4-12)11-16-15(19)17-14-7-9-18(2)10-8-14;2*1-12-5-3-4-6-13(12)11-16-15(19)17-14-7-9-18(2)10-8-14/h2-9,15H,10-14H2,1H3,(H2,22,23,25);3-5,10,14H,6-9,11H2,1-2H3,(H2,19,20,22);3-4,9,13H,5-8,10H2,1-2H3,(H2,17,18,20);10-13H,4-9H2,1-3H3,(H2,16,18,21);3*3-6,14H,7-11H2,1-2H3,(H2,16,17,19). The molecule has 146 heavy (non-hydrogen) atoms. The fourth-order valence-corrected chi connectivity index (χ4v) is 17.6. The van der Waals surface area contributed by atoms with E-state index in [0.29, 0.717) is 91.4 Å². The molecule has 35 heteroatoms. The molecule has 7 aliphatic rings. The van der Waals surface area contributed by atoms with Gasteiger partial charge < -0.3 is 118 Å². The highest BCUT2D eigenvalue weighted by atomic mass is 35.5. The summed E-state index contributed by atoms with van der Waals surface area (Å²) in [6.07, 6.45) is 18.7. The van der Waals surface area contributed by atoms with Crippen molar-refractivity contribution < 1.29 is 51.5 Å². The molecule has 7 aliphatic heterocycles. The van der Waals surface area contributed by atoms with Crippen molar-refractivity contribution in [2.24, 2.45) is 0 Å². The van der Waals surface area contributed by atoms with Crippen molar-refractivity contribution in [2.45, 2.75) is 238 Å². The van der Waals surface area contributed by atoms with Gasteiger partial charge in [0, 0.05) is 130 Å². The van der Waals surface area contributed by atoms with Crippen LogP contribution >= 0.6 is 11.6 Å². The van der Waals surface area contributed by atoms with E-state index >= 15 is 0 Å². The zero-order valence-electron chi connectivity index (χ0n) is 88.6. The second kappa shape index (κ2) is 63.0. The smallest absolute Gasteiger partial charge is 0.315 e. The quantitative estimate of drug-likeness (QED) is 0.0239. The van der Waals surface area contributed by atoms with Crippen LogP contribution in [0.1, 0.15) is 184 Å². The third-order valence-corrected chi connectivity index (χ3v) is 27.7. The number of para-hydroxylation sites is 1. The number of hydrogen-bond acceptors (Lipinski definition) is 16. The van der Waals surface area contributed by atoms with Crippen molar-refractivity contribution in [3.8, 4) is 11.5 Å². The summed E-state index contributed by atoms with van der Waals surface area (Å²) in [5, 5.41) is 41.9. The van der Waals surface area contributed by atoms with Crippen LogP contribution in [0.25, 0.3) is 0 Å². The van der Waals surface area contributed by atoms with Crippen molar-refractivity contribution in [3.63, 3.8) is 0 Å². The lowest BCUT2D eigenvalue weighted by Gasteiger charge is -2.29. The summed E-state index contributed by atoms with van der Waals surface area (Å²) in [6.45, 7) is 30.8. The average Bonchev–Trinajstić information content (AvgIpc) is 0.990. The summed E-state index contributed by atoms with van der Waals surface area (Å²) < 4.78 is 47.7. The maximum Gasteiger partial charge on any atom is 0.315 e. The molecule has 31 nitrogen and oxygen atoms in total. The van der Waals surface area contributed by atoms with Gasteiger partial charge in [0.05, 0.1) is 12.0 Å². The van der Waals surface area contributed by atoms with Crippen LogP contribution in [0.15, 0.2) is 176 Å². The minimum Gasteiger partial charge on any atom is -0.457 e. The van der Waals surface area contributed by atoms with Gasteiger partial charge >= 0.3 is 42.2 Å². The van der Waals surface area contributed by atoms with Crippen molar-refractivity contribution in [2.75, 3.05) is 148 Å². The van der Waals surface area contributed by atoms with E-state index in [1.54, 1.807) is 37.3 Å². The van der Waals surface area contributed by atoms with Crippen LogP contribution in [0, 0.1) is 33.5 Å². The minimum absolute atomic E-state index is 0.0393. The van der Waals surface area contributed by atoms with Crippen molar-refractivity contribution >= 4 is 53.8 Å². The zero-order chi connectivity index (χ0) is 105. The second-order valence-electron chi connectivity index (χ2n) is 40.2. The number of benzene rings is 7. The number of carbonyl (C=O) groups is 7. The average molecular weight is 2040 g/mol. The molecule has 14 amide bonds. The summed E-state index contributed by atoms with van der Waals surface area (Å²) in [4.78, 5) is 103. The molecule has 8 aromatic rings. The van der Waals surface area contributed by atoms with E-state index in [9.17, 15) is 46.7 Å². The molecule has 15 rings (SSSR count). The first-order valence-corrected chi connectivity index (χ1v) is 52.4. The first-order valence-electron chi connectivity index (χ1n) is 52.0. The highest BCUT2D eigenvalue weighted by Gasteiger charge is 2.28. The van der Waals surface area contributed by atoms with Crippen LogP contribution in [-0.2, 0) is 51.6 Å². The molecule has 800 valence electrons. The molecule has 8 heterocycles. The number of hydrogen-bond donors (Lipinski definition) is 14. The van der Waals surface area contributed by atoms with Gasteiger partial charge in [0.25, 0.3) is 5.92 Å². The van der Waals surface area contributed by atoms with E-state index < -0.39 is 5.92 Å². The maximum absolute atomic E-state index is 13.3. The number of likely N-dealkylation sites (tertiary alicyclic amines) is 7. The van der Waals surface area contributed by atoms with Gasteiger partial charge in [-0.3, -0.25) is 0 Å². The first-order chi connectivity index (χ1) is 70.0. The van der Waals surface area contributed by atoms with Crippen LogP contribution in [0.4, 0.5) is 46.7 Å². The predicted molar refractivity (Wildman–Crippen MR) is 577 cm³/mol. The first kappa shape index (κ1) is 118. The Kier molecular flexibility index (Phi) is 50.9. The number of piperidine rings is 7. The molecule has 0 saturated carbocycles. The Morgan fingerprint density at radius 3 is 1.06 bits per heavy atom. The van der Waals surface area contributed by atoms with Gasteiger partial charge in [-0.25, -0.2) is 51.7 Å². The molecule has 0 unspecified atom stereocenters. The van der Waals surface area contributed by atoms with E-state index in [0.717, 1.165) is 223 Å². The lowest BCUT2D eigenvalue weighted by atomic mass is 10.1. The summed E-state index contributed by atoms with van der Waals surface area (Å²) in [6, 6.07) is 52.0. The summed E-state index contributed by atoms with van der Waals surface area (Å²) >= 11 is 6.33. The van der Waals surface area contributed by atoms with Gasteiger partial charge in [0.1, 0.15) is 17.3 Å². The Morgan fingerprint density at radius 1 is 0.377 bits per heavy atom. The van der Waals surface area contributed by atoms with Gasteiger partial charge in [-0.05, 0) is 353 Å². The number of carbonyl (C=O) groups excluding carboxylic acids is 7. The van der Waals surface area contributed by atoms with Crippen molar-refractivity contribution in [1.29, 1.82) is 0 Å². The van der Waals surface area contributed by atoms with Crippen LogP contribution in [0.2, 0.25) is 5.02 Å². The van der Waals surface area contributed by atoms with E-state index in [1.165, 1.54) is 46.0 Å². The van der Waals surface area contributed by atoms with Gasteiger partial charge in [0.2, 0.25) is 0 Å². The Hall–Kier alpha value is -11.8. The number of urea groups is 7. The lowest BCUT2D eigenvalue weighted by molar-refractivity contribution is 0.0173. The number of amides is 14. The van der Waals surface area contributed by atoms with Crippen molar-refractivity contribution in [3.05, 3.63) is 254 Å². The summed E-state index contributed by atoms with van der Waals surface area (Å²) in [7, 11) is 14.7. The Morgan fingerprint density at radius 2 is 0.705 bits per heavy atom.